The van der Waals surface area contributed by atoms with E-state index in [-0.39, 0.29) is 18.1 Å². The van der Waals surface area contributed by atoms with E-state index in [0.29, 0.717) is 16.7 Å². The number of aryl methyl sites for hydroxylation is 1. The smallest absolute Gasteiger partial charge is 0.277 e. The first-order valence-electron chi connectivity index (χ1n) is 9.76. The summed E-state index contributed by atoms with van der Waals surface area (Å²) >= 11 is 6.02. The van der Waals surface area contributed by atoms with Gasteiger partial charge in [-0.15, -0.1) is 0 Å². The van der Waals surface area contributed by atoms with Crippen LogP contribution in [0.15, 0.2) is 41.5 Å². The fraction of sp³-hybridized carbons (Fsp3) is 0.391. The lowest BCUT2D eigenvalue weighted by atomic mass is 9.79. The lowest BCUT2D eigenvalue weighted by molar-refractivity contribution is -0.123. The summed E-state index contributed by atoms with van der Waals surface area (Å²) in [5, 5.41) is 4.58. The largest absolute Gasteiger partial charge is 0.482 e. The number of halogens is 1. The summed E-state index contributed by atoms with van der Waals surface area (Å²) in [6.45, 7) is 8.72. The van der Waals surface area contributed by atoms with E-state index in [4.69, 9.17) is 16.3 Å². The quantitative estimate of drug-likeness (QED) is 0.560. The molecule has 2 aromatic rings. The Hall–Kier alpha value is -2.53. The average molecular weight is 414 g/mol. The number of carbonyl (C=O) groups is 1. The van der Waals surface area contributed by atoms with Crippen molar-refractivity contribution < 1.29 is 9.53 Å². The van der Waals surface area contributed by atoms with Gasteiger partial charge in [-0.2, -0.15) is 5.10 Å². The Bertz CT molecular complexity index is 940. The number of nitrogens with one attached hydrogen (secondary N) is 1. The molecule has 0 saturated heterocycles. The second-order valence-corrected chi connectivity index (χ2v) is 8.66. The van der Waals surface area contributed by atoms with Crippen LogP contribution in [0.25, 0.3) is 0 Å². The third-order valence-electron chi connectivity index (χ3n) is 5.61. The summed E-state index contributed by atoms with van der Waals surface area (Å²) < 4.78 is 5.42. The van der Waals surface area contributed by atoms with E-state index in [1.807, 2.05) is 0 Å². The number of benzene rings is 2. The first kappa shape index (κ1) is 21.2. The topological polar surface area (TPSA) is 53.9 Å². The van der Waals surface area contributed by atoms with Gasteiger partial charge in [0, 0.05) is 18.3 Å². The molecule has 0 radical (unpaired) electrons. The number of nitrogens with zero attached hydrogens (tertiary/aromatic N) is 2. The molecule has 0 aliphatic carbocycles. The zero-order chi connectivity index (χ0) is 21.2. The third-order valence-corrected chi connectivity index (χ3v) is 5.92. The number of fused-ring (bicyclic) bond motifs is 1. The summed E-state index contributed by atoms with van der Waals surface area (Å²) in [6.07, 6.45) is 2.78. The van der Waals surface area contributed by atoms with Crippen LogP contribution in [0.2, 0.25) is 5.02 Å². The van der Waals surface area contributed by atoms with Crippen LogP contribution in [0.1, 0.15) is 49.8 Å². The molecule has 6 heteroatoms. The van der Waals surface area contributed by atoms with E-state index in [1.165, 1.54) is 11.3 Å². The number of carbonyl (C=O) groups excluding carboxylic acids is 1. The zero-order valence-electron chi connectivity index (χ0n) is 17.6. The lowest BCUT2D eigenvalue weighted by Crippen LogP contribution is -2.45. The molecule has 1 aliphatic heterocycles. The molecule has 0 saturated carbocycles. The molecule has 1 unspecified atom stereocenters. The summed E-state index contributed by atoms with van der Waals surface area (Å²) in [5.41, 5.74) is 7.33. The van der Waals surface area contributed by atoms with E-state index in [0.717, 1.165) is 17.5 Å². The molecular weight excluding hydrogens is 386 g/mol. The van der Waals surface area contributed by atoms with Crippen LogP contribution in [0.3, 0.4) is 0 Å². The molecule has 5 nitrogen and oxygen atoms in total. The van der Waals surface area contributed by atoms with Crippen LogP contribution in [-0.2, 0) is 4.79 Å². The minimum absolute atomic E-state index is 0.129. The molecule has 0 bridgehead atoms. The highest BCUT2D eigenvalue weighted by atomic mass is 35.5. The minimum atomic E-state index is -0.341. The minimum Gasteiger partial charge on any atom is -0.482 e. The van der Waals surface area contributed by atoms with Gasteiger partial charge < -0.3 is 9.64 Å². The fourth-order valence-electron chi connectivity index (χ4n) is 3.78. The Kier molecular flexibility index (Phi) is 6.18. The van der Waals surface area contributed by atoms with Crippen molar-refractivity contribution in [2.45, 2.75) is 45.6 Å². The molecule has 154 valence electrons. The number of hydrogen-bond acceptors (Lipinski definition) is 4. The highest BCUT2D eigenvalue weighted by molar-refractivity contribution is 6.32. The Morgan fingerprint density at radius 1 is 1.38 bits per heavy atom. The predicted molar refractivity (Wildman–Crippen MR) is 119 cm³/mol. The van der Waals surface area contributed by atoms with Crippen molar-refractivity contribution in [3.63, 3.8) is 0 Å². The van der Waals surface area contributed by atoms with Gasteiger partial charge in [-0.3, -0.25) is 4.79 Å². The van der Waals surface area contributed by atoms with Crippen molar-refractivity contribution in [1.29, 1.82) is 0 Å². The van der Waals surface area contributed by atoms with Crippen LogP contribution in [0.5, 0.6) is 5.75 Å². The standard InChI is InChI=1S/C23H28ClN3O2/c1-15-10-20-18(16(2)12-23(3,4)27(20)5)11-17(15)13-25-26-22(28)14-29-21-9-7-6-8-19(21)24/h6-11,13,16H,12,14H2,1-5H3,(H,26,28)/b25-13-. The number of rotatable bonds is 5. The maximum Gasteiger partial charge on any atom is 0.277 e. The molecule has 1 aliphatic rings. The van der Waals surface area contributed by atoms with Gasteiger partial charge in [-0.25, -0.2) is 5.43 Å². The van der Waals surface area contributed by atoms with Crippen molar-refractivity contribution in [2.75, 3.05) is 18.6 Å². The van der Waals surface area contributed by atoms with Gasteiger partial charge in [0.25, 0.3) is 5.91 Å². The van der Waals surface area contributed by atoms with E-state index in [1.54, 1.807) is 30.5 Å². The molecule has 0 spiro atoms. The Balaban J connectivity index is 1.66. The fourth-order valence-corrected chi connectivity index (χ4v) is 3.98. The van der Waals surface area contributed by atoms with E-state index in [2.05, 4.69) is 62.3 Å². The first-order valence-corrected chi connectivity index (χ1v) is 10.1. The number of para-hydroxylation sites is 1. The van der Waals surface area contributed by atoms with Crippen LogP contribution < -0.4 is 15.1 Å². The molecule has 1 amide bonds. The highest BCUT2D eigenvalue weighted by Gasteiger charge is 2.34. The van der Waals surface area contributed by atoms with Crippen molar-refractivity contribution in [2.24, 2.45) is 5.10 Å². The molecular formula is C23H28ClN3O2. The zero-order valence-corrected chi connectivity index (χ0v) is 18.4. The van der Waals surface area contributed by atoms with Crippen molar-refractivity contribution in [3.05, 3.63) is 58.1 Å². The average Bonchev–Trinajstić information content (AvgIpc) is 2.66. The van der Waals surface area contributed by atoms with Crippen LogP contribution >= 0.6 is 11.6 Å². The van der Waals surface area contributed by atoms with Gasteiger partial charge >= 0.3 is 0 Å². The molecule has 1 atom stereocenters. The van der Waals surface area contributed by atoms with Gasteiger partial charge in [-0.05, 0) is 74.1 Å². The van der Waals surface area contributed by atoms with Gasteiger partial charge in [0.2, 0.25) is 0 Å². The number of ether oxygens (including phenoxy) is 1. The molecule has 0 fully saturated rings. The van der Waals surface area contributed by atoms with E-state index >= 15 is 0 Å². The van der Waals surface area contributed by atoms with Gasteiger partial charge in [0.1, 0.15) is 5.75 Å². The maximum absolute atomic E-state index is 12.0. The second kappa shape index (κ2) is 8.46. The maximum atomic E-state index is 12.0. The Morgan fingerprint density at radius 3 is 2.83 bits per heavy atom. The summed E-state index contributed by atoms with van der Waals surface area (Å²) in [6, 6.07) is 11.4. The normalized spacial score (nSPS) is 17.9. The number of hydrazone groups is 1. The van der Waals surface area contributed by atoms with Gasteiger partial charge in [0.05, 0.1) is 11.2 Å². The molecule has 1 heterocycles. The molecule has 3 rings (SSSR count). The van der Waals surface area contributed by atoms with Crippen LogP contribution in [0, 0.1) is 6.92 Å². The van der Waals surface area contributed by atoms with Crippen molar-refractivity contribution in [3.8, 4) is 5.75 Å². The summed E-state index contributed by atoms with van der Waals surface area (Å²) in [7, 11) is 2.15. The van der Waals surface area contributed by atoms with Crippen LogP contribution in [-0.4, -0.2) is 31.3 Å². The first-order chi connectivity index (χ1) is 13.7. The third kappa shape index (κ3) is 4.73. The number of amides is 1. The number of anilines is 1. The highest BCUT2D eigenvalue weighted by Crippen LogP contribution is 2.43. The lowest BCUT2D eigenvalue weighted by Gasteiger charge is -2.45. The van der Waals surface area contributed by atoms with Crippen molar-refractivity contribution in [1.82, 2.24) is 5.43 Å². The van der Waals surface area contributed by atoms with Crippen LogP contribution in [0.4, 0.5) is 5.69 Å². The Labute approximate surface area is 177 Å². The number of hydrogen-bond donors (Lipinski definition) is 1. The Morgan fingerprint density at radius 2 is 2.10 bits per heavy atom. The molecule has 0 aromatic heterocycles. The predicted octanol–water partition coefficient (Wildman–Crippen LogP) is 4.90. The van der Waals surface area contributed by atoms with Gasteiger partial charge in [0.15, 0.2) is 6.61 Å². The molecule has 2 aromatic carbocycles. The molecule has 1 N–H and O–H groups in total. The van der Waals surface area contributed by atoms with E-state index < -0.39 is 0 Å². The summed E-state index contributed by atoms with van der Waals surface area (Å²) in [5.74, 6) is 0.592. The van der Waals surface area contributed by atoms with Crippen molar-refractivity contribution >= 4 is 29.4 Å². The second-order valence-electron chi connectivity index (χ2n) is 8.26. The van der Waals surface area contributed by atoms with Gasteiger partial charge in [-0.1, -0.05) is 30.7 Å². The summed E-state index contributed by atoms with van der Waals surface area (Å²) in [4.78, 5) is 14.4. The molecule has 29 heavy (non-hydrogen) atoms. The monoisotopic (exact) mass is 413 g/mol. The SMILES string of the molecule is Cc1cc2c(cc1/C=N\NC(=O)COc1ccccc1Cl)C(C)CC(C)(C)N2C. The van der Waals surface area contributed by atoms with E-state index in [9.17, 15) is 4.79 Å².